The van der Waals surface area contributed by atoms with Crippen molar-refractivity contribution in [2.24, 2.45) is 0 Å². The highest BCUT2D eigenvalue weighted by Gasteiger charge is 2.38. The van der Waals surface area contributed by atoms with Crippen molar-refractivity contribution >= 4 is 39.4 Å². The number of hydrogen-bond acceptors (Lipinski definition) is 3. The fourth-order valence-electron chi connectivity index (χ4n) is 3.98. The number of benzene rings is 3. The van der Waals surface area contributed by atoms with E-state index in [2.05, 4.69) is 19.1 Å². The van der Waals surface area contributed by atoms with Gasteiger partial charge in [-0.2, -0.15) is 13.2 Å². The molecule has 0 radical (unpaired) electrons. The Labute approximate surface area is 189 Å². The number of carbonyl (C=O) groups is 1. The van der Waals surface area contributed by atoms with E-state index in [1.54, 1.807) is 6.08 Å². The minimum Gasteiger partial charge on any atom is -0.297 e. The summed E-state index contributed by atoms with van der Waals surface area (Å²) in [7, 11) is 0. The Bertz CT molecular complexity index is 1230. The molecule has 1 aliphatic rings. The van der Waals surface area contributed by atoms with Gasteiger partial charge in [0.05, 0.1) is 21.4 Å². The quantitative estimate of drug-likeness (QED) is 0.404. The maximum absolute atomic E-state index is 13.2. The molecule has 1 fully saturated rings. The number of carbonyl (C=O) groups excluding carboxylic acids is 1. The van der Waals surface area contributed by atoms with Crippen molar-refractivity contribution in [1.82, 2.24) is 0 Å². The number of halogens is 3. The number of aryl methyl sites for hydroxylation is 1. The molecular weight excluding hydrogens is 431 g/mol. The predicted molar refractivity (Wildman–Crippen MR) is 125 cm³/mol. The molecule has 1 saturated heterocycles. The third kappa shape index (κ3) is 4.51. The van der Waals surface area contributed by atoms with E-state index >= 15 is 0 Å². The second kappa shape index (κ2) is 8.94. The summed E-state index contributed by atoms with van der Waals surface area (Å²) in [6.07, 6.45) is 0.357. The van der Waals surface area contributed by atoms with Crippen molar-refractivity contribution in [3.63, 3.8) is 0 Å². The Hall–Kier alpha value is -2.86. The molecule has 0 aliphatic carbocycles. The molecule has 1 unspecified atom stereocenters. The number of ketones is 1. The molecule has 3 aromatic rings. The number of nitrogens with one attached hydrogen (secondary N) is 1. The van der Waals surface area contributed by atoms with E-state index in [-0.39, 0.29) is 16.4 Å². The first-order chi connectivity index (χ1) is 15.3. The average Bonchev–Trinajstić information content (AvgIpc) is 3.04. The number of unbranched alkanes of at least 4 members (excludes halogenated alkanes) is 1. The van der Waals surface area contributed by atoms with Gasteiger partial charge in [0.2, 0.25) is 0 Å². The largest absolute Gasteiger partial charge is 0.416 e. The summed E-state index contributed by atoms with van der Waals surface area (Å²) in [6.45, 7) is 2.14. The molecule has 32 heavy (non-hydrogen) atoms. The Morgan fingerprint density at radius 3 is 2.59 bits per heavy atom. The molecule has 0 spiro atoms. The lowest BCUT2D eigenvalue weighted by Crippen LogP contribution is -2.13. The second-order valence-electron chi connectivity index (χ2n) is 7.91. The first kappa shape index (κ1) is 22.3. The summed E-state index contributed by atoms with van der Waals surface area (Å²) in [6, 6.07) is 16.9. The van der Waals surface area contributed by atoms with Crippen LogP contribution in [0.15, 0.2) is 65.6 Å². The highest BCUT2D eigenvalue weighted by atomic mass is 32.2. The number of hydrogen-bond donors (Lipinski definition) is 1. The zero-order valence-electron chi connectivity index (χ0n) is 17.5. The molecule has 1 heterocycles. The molecular formula is C26H22F3NOS. The van der Waals surface area contributed by atoms with Crippen molar-refractivity contribution in [3.8, 4) is 0 Å². The topological polar surface area (TPSA) is 40.9 Å². The molecule has 0 amide bonds. The van der Waals surface area contributed by atoms with Crippen molar-refractivity contribution < 1.29 is 18.0 Å². The highest BCUT2D eigenvalue weighted by molar-refractivity contribution is 8.19. The first-order valence-corrected chi connectivity index (χ1v) is 11.3. The van der Waals surface area contributed by atoms with Crippen LogP contribution in [0.5, 0.6) is 0 Å². The van der Waals surface area contributed by atoms with Gasteiger partial charge >= 0.3 is 6.18 Å². The monoisotopic (exact) mass is 453 g/mol. The molecule has 0 aromatic heterocycles. The normalized spacial score (nSPS) is 18.1. The zero-order chi connectivity index (χ0) is 22.9. The van der Waals surface area contributed by atoms with Crippen molar-refractivity contribution in [2.45, 2.75) is 38.3 Å². The average molecular weight is 454 g/mol. The second-order valence-corrected chi connectivity index (χ2v) is 8.99. The van der Waals surface area contributed by atoms with Gasteiger partial charge in [0.1, 0.15) is 0 Å². The standard InChI is InChI=1S/C26H22F3NOS/c1-2-3-7-16-12-17-8-4-5-11-21(17)19(13-16)15-22-24(31)23(25(30)32-22)18-9-6-10-20(14-18)26(27,28)29/h4-6,8-15,23,30H,2-3,7H2,1H3. The lowest BCUT2D eigenvalue weighted by Gasteiger charge is -2.12. The maximum atomic E-state index is 13.2. The fourth-order valence-corrected chi connectivity index (χ4v) is 4.98. The van der Waals surface area contributed by atoms with Gasteiger partial charge in [-0.25, -0.2) is 0 Å². The van der Waals surface area contributed by atoms with Gasteiger partial charge < -0.3 is 0 Å². The van der Waals surface area contributed by atoms with Gasteiger partial charge in [0.25, 0.3) is 0 Å². The Kier molecular flexibility index (Phi) is 6.24. The number of Topliss-reactive ketones (excluding diaryl/α,β-unsaturated/α-hetero) is 1. The number of alkyl halides is 3. The molecule has 1 atom stereocenters. The molecule has 3 aromatic carbocycles. The summed E-state index contributed by atoms with van der Waals surface area (Å²) >= 11 is 1.03. The summed E-state index contributed by atoms with van der Waals surface area (Å²) in [5, 5.41) is 10.4. The molecule has 0 bridgehead atoms. The van der Waals surface area contributed by atoms with E-state index in [1.807, 2.05) is 24.3 Å². The number of thioether (sulfide) groups is 1. The van der Waals surface area contributed by atoms with Crippen LogP contribution in [0, 0.1) is 5.41 Å². The van der Waals surface area contributed by atoms with Crippen LogP contribution < -0.4 is 0 Å². The van der Waals surface area contributed by atoms with Gasteiger partial charge in [-0.3, -0.25) is 10.2 Å². The fraction of sp³-hybridized carbons (Fsp3) is 0.231. The lowest BCUT2D eigenvalue weighted by atomic mass is 9.93. The smallest absolute Gasteiger partial charge is 0.297 e. The lowest BCUT2D eigenvalue weighted by molar-refractivity contribution is -0.137. The maximum Gasteiger partial charge on any atom is 0.416 e. The van der Waals surface area contributed by atoms with E-state index in [4.69, 9.17) is 5.41 Å². The first-order valence-electron chi connectivity index (χ1n) is 10.5. The van der Waals surface area contributed by atoms with Crippen LogP contribution >= 0.6 is 11.8 Å². The molecule has 164 valence electrons. The van der Waals surface area contributed by atoms with E-state index in [0.717, 1.165) is 59.5 Å². The highest BCUT2D eigenvalue weighted by Crippen LogP contribution is 2.42. The zero-order valence-corrected chi connectivity index (χ0v) is 18.3. The van der Waals surface area contributed by atoms with Gasteiger partial charge in [0.15, 0.2) is 5.78 Å². The summed E-state index contributed by atoms with van der Waals surface area (Å²) in [4.78, 5) is 13.5. The van der Waals surface area contributed by atoms with Crippen LogP contribution in [0.2, 0.25) is 0 Å². The third-order valence-electron chi connectivity index (χ3n) is 5.59. The summed E-state index contributed by atoms with van der Waals surface area (Å²) < 4.78 is 39.4. The van der Waals surface area contributed by atoms with Gasteiger partial charge in [-0.15, -0.1) is 0 Å². The number of fused-ring (bicyclic) bond motifs is 1. The number of rotatable bonds is 5. The number of allylic oxidation sites excluding steroid dienone is 1. The third-order valence-corrected chi connectivity index (χ3v) is 6.59. The van der Waals surface area contributed by atoms with Gasteiger partial charge in [-0.05, 0) is 52.4 Å². The minimum absolute atomic E-state index is 0.0482. The van der Waals surface area contributed by atoms with E-state index < -0.39 is 17.7 Å². The van der Waals surface area contributed by atoms with Crippen molar-refractivity contribution in [1.29, 1.82) is 5.41 Å². The van der Waals surface area contributed by atoms with Crippen LogP contribution in [0.3, 0.4) is 0 Å². The minimum atomic E-state index is -4.50. The Morgan fingerprint density at radius 2 is 1.84 bits per heavy atom. The molecule has 1 N–H and O–H groups in total. The van der Waals surface area contributed by atoms with E-state index in [0.29, 0.717) is 4.91 Å². The summed E-state index contributed by atoms with van der Waals surface area (Å²) in [5.41, 5.74) is 1.46. The van der Waals surface area contributed by atoms with Crippen LogP contribution in [-0.4, -0.2) is 10.8 Å². The SMILES string of the molecule is CCCCc1cc(C=C2SC(=N)C(c3cccc(C(F)(F)F)c3)C2=O)c2ccccc2c1. The van der Waals surface area contributed by atoms with Crippen molar-refractivity contribution in [2.75, 3.05) is 0 Å². The van der Waals surface area contributed by atoms with Gasteiger partial charge in [0, 0.05) is 0 Å². The molecule has 6 heteroatoms. The Morgan fingerprint density at radius 1 is 1.06 bits per heavy atom. The van der Waals surface area contributed by atoms with Crippen molar-refractivity contribution in [3.05, 3.63) is 87.8 Å². The van der Waals surface area contributed by atoms with Crippen LogP contribution in [0.4, 0.5) is 13.2 Å². The van der Waals surface area contributed by atoms with Gasteiger partial charge in [-0.1, -0.05) is 79.7 Å². The molecule has 2 nitrogen and oxygen atoms in total. The van der Waals surface area contributed by atoms with Crippen LogP contribution in [0.25, 0.3) is 16.8 Å². The molecule has 4 rings (SSSR count). The predicted octanol–water partition coefficient (Wildman–Crippen LogP) is 7.62. The Balaban J connectivity index is 1.73. The van der Waals surface area contributed by atoms with Crippen LogP contribution in [-0.2, 0) is 17.4 Å². The molecule has 1 aliphatic heterocycles. The summed E-state index contributed by atoms with van der Waals surface area (Å²) in [5.74, 6) is -1.33. The van der Waals surface area contributed by atoms with E-state index in [9.17, 15) is 18.0 Å². The van der Waals surface area contributed by atoms with Crippen LogP contribution in [0.1, 0.15) is 47.9 Å². The van der Waals surface area contributed by atoms with E-state index in [1.165, 1.54) is 17.7 Å². The molecule has 0 saturated carbocycles.